The minimum absolute atomic E-state index is 0.0932. The number of rotatable bonds is 1. The zero-order valence-corrected chi connectivity index (χ0v) is 7.94. The smallest absolute Gasteiger partial charge is 0.114 e. The quantitative estimate of drug-likeness (QED) is 0.477. The molecule has 0 aromatic heterocycles. The molecule has 2 atom stereocenters. The van der Waals surface area contributed by atoms with Crippen LogP contribution in [0.5, 0.6) is 0 Å². The van der Waals surface area contributed by atoms with Crippen LogP contribution in [-0.2, 0) is 0 Å². The highest BCUT2D eigenvalue weighted by Crippen LogP contribution is 2.36. The van der Waals surface area contributed by atoms with E-state index in [2.05, 4.69) is 12.1 Å². The van der Waals surface area contributed by atoms with Gasteiger partial charge >= 0.3 is 0 Å². The number of likely N-dealkylation sites (tertiary alicyclic amines) is 1. The molecule has 2 nitrogen and oxygen atoms in total. The maximum absolute atomic E-state index is 12.0. The zero-order valence-electron chi connectivity index (χ0n) is 7.94. The van der Waals surface area contributed by atoms with E-state index in [1.54, 1.807) is 7.05 Å². The van der Waals surface area contributed by atoms with Crippen LogP contribution in [0.3, 0.4) is 0 Å². The van der Waals surface area contributed by atoms with Gasteiger partial charge in [0.15, 0.2) is 0 Å². The summed E-state index contributed by atoms with van der Waals surface area (Å²) in [5, 5.41) is 12.0. The summed E-state index contributed by atoms with van der Waals surface area (Å²) < 4.78 is -0.0932. The summed E-state index contributed by atoms with van der Waals surface area (Å²) in [7, 11) is 1.78. The highest BCUT2D eigenvalue weighted by atomic mass is 16.5. The Labute approximate surface area is 79.0 Å². The molecule has 1 aliphatic rings. The second-order valence-electron chi connectivity index (χ2n) is 3.97. The molecular formula is C11H15NO. The van der Waals surface area contributed by atoms with Crippen LogP contribution in [0, 0.1) is 5.21 Å². The van der Waals surface area contributed by atoms with Crippen molar-refractivity contribution in [3.05, 3.63) is 41.1 Å². The van der Waals surface area contributed by atoms with Crippen molar-refractivity contribution >= 4 is 0 Å². The van der Waals surface area contributed by atoms with Crippen LogP contribution in [0.1, 0.15) is 24.4 Å². The van der Waals surface area contributed by atoms with E-state index in [1.165, 1.54) is 5.56 Å². The van der Waals surface area contributed by atoms with Gasteiger partial charge in [-0.25, -0.2) is 0 Å². The molecule has 0 aliphatic carbocycles. The first kappa shape index (κ1) is 8.73. The van der Waals surface area contributed by atoms with E-state index in [4.69, 9.17) is 0 Å². The molecule has 1 aliphatic heterocycles. The Kier molecular flexibility index (Phi) is 2.10. The molecule has 0 amide bonds. The molecule has 0 N–H and O–H groups in total. The van der Waals surface area contributed by atoms with E-state index < -0.39 is 0 Å². The Balaban J connectivity index is 2.27. The van der Waals surface area contributed by atoms with E-state index in [1.807, 2.05) is 18.2 Å². The summed E-state index contributed by atoms with van der Waals surface area (Å²) in [5.41, 5.74) is 1.19. The fourth-order valence-electron chi connectivity index (χ4n) is 2.18. The minimum atomic E-state index is -0.0932. The van der Waals surface area contributed by atoms with E-state index in [0.717, 1.165) is 19.4 Å². The van der Waals surface area contributed by atoms with Crippen molar-refractivity contribution in [3.63, 3.8) is 0 Å². The lowest BCUT2D eigenvalue weighted by atomic mass is 10.1. The monoisotopic (exact) mass is 177 g/mol. The molecular weight excluding hydrogens is 162 g/mol. The van der Waals surface area contributed by atoms with Gasteiger partial charge in [-0.05, 0) is 0 Å². The SMILES string of the molecule is C[N+]1([O-])CCC[C@H]1c1ccccc1. The normalized spacial score (nSPS) is 33.5. The molecule has 13 heavy (non-hydrogen) atoms. The Hall–Kier alpha value is -0.860. The first-order valence-corrected chi connectivity index (χ1v) is 4.81. The summed E-state index contributed by atoms with van der Waals surface area (Å²) >= 11 is 0. The molecule has 0 radical (unpaired) electrons. The second kappa shape index (κ2) is 3.13. The van der Waals surface area contributed by atoms with Crippen LogP contribution in [0.15, 0.2) is 30.3 Å². The van der Waals surface area contributed by atoms with Crippen LogP contribution in [0.2, 0.25) is 0 Å². The topological polar surface area (TPSA) is 23.1 Å². The molecule has 1 fully saturated rings. The van der Waals surface area contributed by atoms with E-state index >= 15 is 0 Å². The van der Waals surface area contributed by atoms with Crippen molar-refractivity contribution in [1.82, 2.24) is 0 Å². The van der Waals surface area contributed by atoms with Crippen LogP contribution in [0.25, 0.3) is 0 Å². The van der Waals surface area contributed by atoms with Crippen LogP contribution in [-0.4, -0.2) is 18.2 Å². The average molecular weight is 177 g/mol. The lowest BCUT2D eigenvalue weighted by Gasteiger charge is -2.40. The first-order chi connectivity index (χ1) is 6.20. The van der Waals surface area contributed by atoms with Crippen LogP contribution < -0.4 is 0 Å². The van der Waals surface area contributed by atoms with Gasteiger partial charge in [-0.15, -0.1) is 0 Å². The Morgan fingerprint density at radius 1 is 1.31 bits per heavy atom. The molecule has 0 saturated carbocycles. The molecule has 1 unspecified atom stereocenters. The van der Waals surface area contributed by atoms with Gasteiger partial charge in [0.05, 0.1) is 13.6 Å². The Morgan fingerprint density at radius 3 is 2.54 bits per heavy atom. The lowest BCUT2D eigenvalue weighted by Crippen LogP contribution is -2.36. The highest BCUT2D eigenvalue weighted by Gasteiger charge is 2.31. The fraction of sp³-hybridized carbons (Fsp3) is 0.455. The van der Waals surface area contributed by atoms with E-state index in [9.17, 15) is 5.21 Å². The molecule has 1 saturated heterocycles. The van der Waals surface area contributed by atoms with Crippen molar-refractivity contribution < 1.29 is 4.65 Å². The van der Waals surface area contributed by atoms with Gasteiger partial charge in [-0.2, -0.15) is 0 Å². The van der Waals surface area contributed by atoms with Gasteiger partial charge in [0.2, 0.25) is 0 Å². The number of hydroxylamine groups is 3. The van der Waals surface area contributed by atoms with Crippen LogP contribution in [0.4, 0.5) is 0 Å². The number of hydrogen-bond acceptors (Lipinski definition) is 1. The standard InChI is InChI=1S/C11H15NO/c1-12(13)9-5-8-11(12)10-6-3-2-4-7-10/h2-4,6-7,11H,5,8-9H2,1H3/t11-,12?/m0/s1. The van der Waals surface area contributed by atoms with E-state index in [-0.39, 0.29) is 10.7 Å². The van der Waals surface area contributed by atoms with Gasteiger partial charge in [0.25, 0.3) is 0 Å². The molecule has 70 valence electrons. The van der Waals surface area contributed by atoms with Crippen molar-refractivity contribution in [3.8, 4) is 0 Å². The third kappa shape index (κ3) is 1.60. The zero-order chi connectivity index (χ0) is 9.31. The molecule has 1 aromatic rings. The number of nitrogens with zero attached hydrogens (tertiary/aromatic N) is 1. The first-order valence-electron chi connectivity index (χ1n) is 4.81. The van der Waals surface area contributed by atoms with Crippen LogP contribution >= 0.6 is 0 Å². The fourth-order valence-corrected chi connectivity index (χ4v) is 2.18. The van der Waals surface area contributed by atoms with Gasteiger partial charge in [-0.3, -0.25) is 0 Å². The predicted octanol–water partition coefficient (Wildman–Crippen LogP) is 2.47. The summed E-state index contributed by atoms with van der Waals surface area (Å²) in [6.07, 6.45) is 2.09. The molecule has 1 heterocycles. The maximum atomic E-state index is 12.0. The molecule has 2 heteroatoms. The molecule has 0 bridgehead atoms. The van der Waals surface area contributed by atoms with Crippen molar-refractivity contribution in [2.45, 2.75) is 18.9 Å². The second-order valence-corrected chi connectivity index (χ2v) is 3.97. The summed E-state index contributed by atoms with van der Waals surface area (Å²) in [6, 6.07) is 10.3. The van der Waals surface area contributed by atoms with Gasteiger partial charge in [-0.1, -0.05) is 30.3 Å². The largest absolute Gasteiger partial charge is 0.633 e. The molecule has 0 spiro atoms. The number of benzene rings is 1. The van der Waals surface area contributed by atoms with Crippen molar-refractivity contribution in [2.75, 3.05) is 13.6 Å². The number of hydrogen-bond donors (Lipinski definition) is 0. The third-order valence-corrected chi connectivity index (χ3v) is 2.92. The summed E-state index contributed by atoms with van der Waals surface area (Å²) in [6.45, 7) is 0.763. The Morgan fingerprint density at radius 2 is 2.00 bits per heavy atom. The van der Waals surface area contributed by atoms with E-state index in [0.29, 0.717) is 0 Å². The minimum Gasteiger partial charge on any atom is -0.633 e. The summed E-state index contributed by atoms with van der Waals surface area (Å²) in [5.74, 6) is 0. The lowest BCUT2D eigenvalue weighted by molar-refractivity contribution is -0.878. The van der Waals surface area contributed by atoms with Crippen molar-refractivity contribution in [1.29, 1.82) is 0 Å². The predicted molar refractivity (Wildman–Crippen MR) is 52.8 cm³/mol. The van der Waals surface area contributed by atoms with Gasteiger partial charge in [0.1, 0.15) is 6.04 Å². The highest BCUT2D eigenvalue weighted by molar-refractivity contribution is 5.18. The third-order valence-electron chi connectivity index (χ3n) is 2.92. The average Bonchev–Trinajstić information content (AvgIpc) is 2.47. The van der Waals surface area contributed by atoms with Gasteiger partial charge < -0.3 is 9.85 Å². The van der Waals surface area contributed by atoms with Crippen molar-refractivity contribution in [2.24, 2.45) is 0 Å². The molecule has 1 aromatic carbocycles. The summed E-state index contributed by atoms with van der Waals surface area (Å²) in [4.78, 5) is 0. The van der Waals surface area contributed by atoms with Gasteiger partial charge in [0, 0.05) is 18.4 Å². The number of quaternary nitrogens is 1. The Bertz CT molecular complexity index is 281. The molecule has 2 rings (SSSR count). The maximum Gasteiger partial charge on any atom is 0.114 e.